The maximum atomic E-state index is 5.75. The Balaban J connectivity index is 1.86. The van der Waals surface area contributed by atoms with Gasteiger partial charge in [0.2, 0.25) is 0 Å². The van der Waals surface area contributed by atoms with Crippen LogP contribution in [0.4, 0.5) is 0 Å². The minimum absolute atomic E-state index is 0.811. The van der Waals surface area contributed by atoms with Gasteiger partial charge in [-0.05, 0) is 35.7 Å². The highest BCUT2D eigenvalue weighted by Crippen LogP contribution is 2.31. The van der Waals surface area contributed by atoms with Crippen LogP contribution in [0.5, 0.6) is 10.8 Å². The molecular formula is C17H22O2S. The number of rotatable bonds is 8. The van der Waals surface area contributed by atoms with E-state index >= 15 is 0 Å². The third kappa shape index (κ3) is 4.27. The fourth-order valence-corrected chi connectivity index (χ4v) is 2.78. The highest BCUT2D eigenvalue weighted by molar-refractivity contribution is 7.12. The Bertz CT molecular complexity index is 502. The number of hydrogen-bond acceptors (Lipinski definition) is 3. The lowest BCUT2D eigenvalue weighted by Crippen LogP contribution is -1.96. The van der Waals surface area contributed by atoms with Gasteiger partial charge in [-0.2, -0.15) is 0 Å². The van der Waals surface area contributed by atoms with Crippen molar-refractivity contribution in [2.24, 2.45) is 0 Å². The average Bonchev–Trinajstić information content (AvgIpc) is 2.97. The van der Waals surface area contributed by atoms with Crippen molar-refractivity contribution in [1.29, 1.82) is 0 Å². The molecule has 2 aromatic rings. The van der Waals surface area contributed by atoms with Crippen molar-refractivity contribution in [3.05, 3.63) is 35.7 Å². The first kappa shape index (κ1) is 14.9. The molecule has 0 saturated heterocycles. The largest absolute Gasteiger partial charge is 0.494 e. The predicted molar refractivity (Wildman–Crippen MR) is 85.9 cm³/mol. The Morgan fingerprint density at radius 1 is 1.00 bits per heavy atom. The van der Waals surface area contributed by atoms with E-state index in [0.717, 1.165) is 23.8 Å². The Morgan fingerprint density at radius 2 is 1.80 bits per heavy atom. The third-order valence-electron chi connectivity index (χ3n) is 3.23. The summed E-state index contributed by atoms with van der Waals surface area (Å²) >= 11 is 1.62. The average molecular weight is 290 g/mol. The molecule has 0 N–H and O–H groups in total. The zero-order valence-electron chi connectivity index (χ0n) is 12.2. The van der Waals surface area contributed by atoms with Gasteiger partial charge in [-0.1, -0.05) is 38.3 Å². The van der Waals surface area contributed by atoms with Gasteiger partial charge in [-0.15, -0.1) is 11.3 Å². The van der Waals surface area contributed by atoms with Gasteiger partial charge in [0.25, 0.3) is 0 Å². The standard InChI is InChI=1S/C17H22O2S/c1-3-4-5-6-11-19-16-9-7-14(8-10-16)15-12-17(18-2)20-13-15/h7-10,12-13H,3-6,11H2,1-2H3. The number of ether oxygens (including phenoxy) is 2. The van der Waals surface area contributed by atoms with E-state index in [-0.39, 0.29) is 0 Å². The van der Waals surface area contributed by atoms with Gasteiger partial charge in [-0.3, -0.25) is 0 Å². The van der Waals surface area contributed by atoms with Gasteiger partial charge >= 0.3 is 0 Å². The van der Waals surface area contributed by atoms with E-state index in [4.69, 9.17) is 9.47 Å². The van der Waals surface area contributed by atoms with Gasteiger partial charge in [0.1, 0.15) is 5.75 Å². The molecule has 1 heterocycles. The van der Waals surface area contributed by atoms with Gasteiger partial charge in [0, 0.05) is 5.38 Å². The van der Waals surface area contributed by atoms with Crippen molar-refractivity contribution in [1.82, 2.24) is 0 Å². The molecule has 108 valence electrons. The molecule has 1 aromatic carbocycles. The molecular weight excluding hydrogens is 268 g/mol. The Morgan fingerprint density at radius 3 is 2.45 bits per heavy atom. The molecule has 0 amide bonds. The van der Waals surface area contributed by atoms with Crippen LogP contribution in [0.25, 0.3) is 11.1 Å². The first-order valence-corrected chi connectivity index (χ1v) is 8.07. The zero-order valence-corrected chi connectivity index (χ0v) is 13.0. The lowest BCUT2D eigenvalue weighted by atomic mass is 10.1. The maximum Gasteiger partial charge on any atom is 0.173 e. The normalized spacial score (nSPS) is 10.5. The molecule has 0 radical (unpaired) electrons. The van der Waals surface area contributed by atoms with Crippen molar-refractivity contribution in [3.63, 3.8) is 0 Å². The van der Waals surface area contributed by atoms with Crippen molar-refractivity contribution < 1.29 is 9.47 Å². The zero-order chi connectivity index (χ0) is 14.2. The number of methoxy groups -OCH3 is 1. The lowest BCUT2D eigenvalue weighted by molar-refractivity contribution is 0.305. The molecule has 1 aromatic heterocycles. The van der Waals surface area contributed by atoms with E-state index in [1.54, 1.807) is 18.4 Å². The summed E-state index contributed by atoms with van der Waals surface area (Å²) in [7, 11) is 1.70. The molecule has 0 spiro atoms. The summed E-state index contributed by atoms with van der Waals surface area (Å²) in [4.78, 5) is 0. The molecule has 0 aliphatic heterocycles. The molecule has 0 aliphatic rings. The fraction of sp³-hybridized carbons (Fsp3) is 0.412. The number of hydrogen-bond donors (Lipinski definition) is 0. The minimum atomic E-state index is 0.811. The van der Waals surface area contributed by atoms with Crippen LogP contribution in [0, 0.1) is 0 Å². The quantitative estimate of drug-likeness (QED) is 0.607. The highest BCUT2D eigenvalue weighted by Gasteiger charge is 2.03. The molecule has 0 unspecified atom stereocenters. The highest BCUT2D eigenvalue weighted by atomic mass is 32.1. The summed E-state index contributed by atoms with van der Waals surface area (Å²) in [6.07, 6.45) is 4.95. The lowest BCUT2D eigenvalue weighted by Gasteiger charge is -2.06. The van der Waals surface area contributed by atoms with E-state index in [9.17, 15) is 0 Å². The van der Waals surface area contributed by atoms with Gasteiger partial charge in [0.05, 0.1) is 13.7 Å². The van der Waals surface area contributed by atoms with Crippen LogP contribution in [-0.4, -0.2) is 13.7 Å². The Labute approximate surface area is 125 Å². The summed E-state index contributed by atoms with van der Waals surface area (Å²) in [5, 5.41) is 3.05. The van der Waals surface area contributed by atoms with E-state index in [2.05, 4.69) is 30.5 Å². The second kappa shape index (κ2) is 7.95. The van der Waals surface area contributed by atoms with Crippen LogP contribution in [0.2, 0.25) is 0 Å². The number of benzene rings is 1. The second-order valence-corrected chi connectivity index (χ2v) is 5.67. The second-order valence-electron chi connectivity index (χ2n) is 4.79. The molecule has 2 nitrogen and oxygen atoms in total. The summed E-state index contributed by atoms with van der Waals surface area (Å²) in [6, 6.07) is 10.3. The van der Waals surface area contributed by atoms with Crippen LogP contribution in [0.1, 0.15) is 32.6 Å². The summed E-state index contributed by atoms with van der Waals surface area (Å²) in [5.41, 5.74) is 2.39. The number of thiophene rings is 1. The third-order valence-corrected chi connectivity index (χ3v) is 4.12. The van der Waals surface area contributed by atoms with Crippen LogP contribution in [-0.2, 0) is 0 Å². The minimum Gasteiger partial charge on any atom is -0.494 e. The SMILES string of the molecule is CCCCCCOc1ccc(-c2csc(OC)c2)cc1. The first-order chi connectivity index (χ1) is 9.83. The molecule has 0 aliphatic carbocycles. The van der Waals surface area contributed by atoms with Gasteiger partial charge in [0.15, 0.2) is 5.06 Å². The van der Waals surface area contributed by atoms with Crippen molar-refractivity contribution >= 4 is 11.3 Å². The van der Waals surface area contributed by atoms with E-state index in [1.807, 2.05) is 12.1 Å². The van der Waals surface area contributed by atoms with Crippen LogP contribution < -0.4 is 9.47 Å². The molecule has 20 heavy (non-hydrogen) atoms. The van der Waals surface area contributed by atoms with Gasteiger partial charge < -0.3 is 9.47 Å². The number of unbranched alkanes of at least 4 members (excludes halogenated alkanes) is 3. The molecule has 0 fully saturated rings. The Hall–Kier alpha value is -1.48. The van der Waals surface area contributed by atoms with Crippen molar-refractivity contribution in [2.45, 2.75) is 32.6 Å². The molecule has 0 atom stereocenters. The molecule has 0 saturated carbocycles. The van der Waals surface area contributed by atoms with E-state index in [0.29, 0.717) is 0 Å². The summed E-state index contributed by atoms with van der Waals surface area (Å²) in [5.74, 6) is 0.951. The topological polar surface area (TPSA) is 18.5 Å². The predicted octanol–water partition coefficient (Wildman–Crippen LogP) is 5.38. The first-order valence-electron chi connectivity index (χ1n) is 7.19. The monoisotopic (exact) mass is 290 g/mol. The molecule has 3 heteroatoms. The van der Waals surface area contributed by atoms with Crippen LogP contribution in [0.3, 0.4) is 0 Å². The van der Waals surface area contributed by atoms with Crippen molar-refractivity contribution in [2.75, 3.05) is 13.7 Å². The van der Waals surface area contributed by atoms with E-state index in [1.165, 1.54) is 30.4 Å². The van der Waals surface area contributed by atoms with Crippen LogP contribution >= 0.6 is 11.3 Å². The smallest absolute Gasteiger partial charge is 0.173 e. The molecule has 0 bridgehead atoms. The van der Waals surface area contributed by atoms with Crippen molar-refractivity contribution in [3.8, 4) is 21.9 Å². The molecule has 2 rings (SSSR count). The Kier molecular flexibility index (Phi) is 5.93. The summed E-state index contributed by atoms with van der Waals surface area (Å²) < 4.78 is 11.0. The van der Waals surface area contributed by atoms with Gasteiger partial charge in [-0.25, -0.2) is 0 Å². The summed E-state index contributed by atoms with van der Waals surface area (Å²) in [6.45, 7) is 3.03. The fourth-order valence-electron chi connectivity index (χ4n) is 2.04. The van der Waals surface area contributed by atoms with Crippen LogP contribution in [0.15, 0.2) is 35.7 Å². The van der Waals surface area contributed by atoms with E-state index < -0.39 is 0 Å². The maximum absolute atomic E-state index is 5.75.